The van der Waals surface area contributed by atoms with Gasteiger partial charge in [-0.15, -0.1) is 0 Å². The summed E-state index contributed by atoms with van der Waals surface area (Å²) >= 11 is 2.05. The third-order valence-electron chi connectivity index (χ3n) is 4.43. The van der Waals surface area contributed by atoms with E-state index >= 15 is 0 Å². The van der Waals surface area contributed by atoms with Crippen molar-refractivity contribution in [1.82, 2.24) is 4.90 Å². The van der Waals surface area contributed by atoms with Gasteiger partial charge in [0.15, 0.2) is 0 Å². The number of hydrogen-bond acceptors (Lipinski definition) is 1. The SMILES string of the molecule is O=C(c1ccc(F)cc1I)N1CC[C@H]2CCCC[C@@H]21. The molecular weight excluding hydrogens is 356 g/mol. The Hall–Kier alpha value is -0.650. The third kappa shape index (κ3) is 2.51. The van der Waals surface area contributed by atoms with Crippen LogP contribution in [0.25, 0.3) is 0 Å². The molecule has 2 atom stereocenters. The minimum Gasteiger partial charge on any atom is -0.335 e. The van der Waals surface area contributed by atoms with Gasteiger partial charge < -0.3 is 4.90 Å². The molecule has 1 aliphatic carbocycles. The van der Waals surface area contributed by atoms with Gasteiger partial charge in [0.1, 0.15) is 5.82 Å². The topological polar surface area (TPSA) is 20.3 Å². The summed E-state index contributed by atoms with van der Waals surface area (Å²) in [5, 5.41) is 0. The average Bonchev–Trinajstić information content (AvgIpc) is 2.82. The number of benzene rings is 1. The van der Waals surface area contributed by atoms with Crippen molar-refractivity contribution in [2.24, 2.45) is 5.92 Å². The van der Waals surface area contributed by atoms with Gasteiger partial charge in [0.05, 0.1) is 5.56 Å². The molecule has 3 rings (SSSR count). The van der Waals surface area contributed by atoms with Crippen molar-refractivity contribution in [2.75, 3.05) is 6.54 Å². The van der Waals surface area contributed by atoms with Crippen LogP contribution in [0, 0.1) is 15.3 Å². The van der Waals surface area contributed by atoms with Gasteiger partial charge in [-0.2, -0.15) is 0 Å². The lowest BCUT2D eigenvalue weighted by Crippen LogP contribution is -2.39. The first-order valence-electron chi connectivity index (χ1n) is 6.93. The molecule has 0 bridgehead atoms. The van der Waals surface area contributed by atoms with E-state index in [0.717, 1.165) is 19.4 Å². The Labute approximate surface area is 126 Å². The van der Waals surface area contributed by atoms with Crippen LogP contribution in [-0.4, -0.2) is 23.4 Å². The second-order valence-electron chi connectivity index (χ2n) is 5.52. The van der Waals surface area contributed by atoms with Gasteiger partial charge in [0.25, 0.3) is 5.91 Å². The van der Waals surface area contributed by atoms with Crippen LogP contribution in [-0.2, 0) is 0 Å². The first kappa shape index (κ1) is 13.3. The Kier molecular flexibility index (Phi) is 3.78. The van der Waals surface area contributed by atoms with Gasteiger partial charge in [0.2, 0.25) is 0 Å². The number of halogens is 2. The Balaban J connectivity index is 1.83. The molecule has 0 N–H and O–H groups in total. The van der Waals surface area contributed by atoms with Crippen LogP contribution in [0.5, 0.6) is 0 Å². The molecule has 102 valence electrons. The highest BCUT2D eigenvalue weighted by Crippen LogP contribution is 2.37. The molecular formula is C15H17FINO. The lowest BCUT2D eigenvalue weighted by molar-refractivity contribution is 0.0689. The van der Waals surface area contributed by atoms with Gasteiger partial charge in [-0.1, -0.05) is 12.8 Å². The van der Waals surface area contributed by atoms with E-state index in [0.29, 0.717) is 21.1 Å². The van der Waals surface area contributed by atoms with E-state index in [9.17, 15) is 9.18 Å². The number of fused-ring (bicyclic) bond motifs is 1. The second kappa shape index (κ2) is 5.38. The molecule has 2 fully saturated rings. The zero-order valence-corrected chi connectivity index (χ0v) is 12.9. The molecule has 1 aromatic rings. The van der Waals surface area contributed by atoms with Crippen LogP contribution < -0.4 is 0 Å². The minimum absolute atomic E-state index is 0.0822. The first-order valence-corrected chi connectivity index (χ1v) is 8.00. The summed E-state index contributed by atoms with van der Waals surface area (Å²) in [6.07, 6.45) is 6.06. The zero-order valence-electron chi connectivity index (χ0n) is 10.7. The summed E-state index contributed by atoms with van der Waals surface area (Å²) in [6.45, 7) is 0.863. The number of carbonyl (C=O) groups excluding carboxylic acids is 1. The average molecular weight is 373 g/mol. The molecule has 19 heavy (non-hydrogen) atoms. The van der Waals surface area contributed by atoms with Crippen molar-refractivity contribution >= 4 is 28.5 Å². The summed E-state index contributed by atoms with van der Waals surface area (Å²) in [7, 11) is 0. The van der Waals surface area contributed by atoms with E-state index in [1.807, 2.05) is 27.5 Å². The molecule has 1 aliphatic heterocycles. The molecule has 2 nitrogen and oxygen atoms in total. The summed E-state index contributed by atoms with van der Waals surface area (Å²) in [5.74, 6) is 0.493. The van der Waals surface area contributed by atoms with Crippen molar-refractivity contribution in [3.63, 3.8) is 0 Å². The van der Waals surface area contributed by atoms with Crippen molar-refractivity contribution in [2.45, 2.75) is 38.1 Å². The molecule has 1 heterocycles. The summed E-state index contributed by atoms with van der Waals surface area (Å²) < 4.78 is 13.8. The van der Waals surface area contributed by atoms with Crippen molar-refractivity contribution < 1.29 is 9.18 Å². The van der Waals surface area contributed by atoms with Gasteiger partial charge in [-0.05, 0) is 66.0 Å². The highest BCUT2D eigenvalue weighted by molar-refractivity contribution is 14.1. The van der Waals surface area contributed by atoms with Gasteiger partial charge in [-0.25, -0.2) is 4.39 Å². The van der Waals surface area contributed by atoms with Crippen LogP contribution in [0.15, 0.2) is 18.2 Å². The van der Waals surface area contributed by atoms with Crippen molar-refractivity contribution in [3.05, 3.63) is 33.1 Å². The number of nitrogens with zero attached hydrogens (tertiary/aromatic N) is 1. The molecule has 0 aromatic heterocycles. The maximum absolute atomic E-state index is 13.1. The van der Waals surface area contributed by atoms with Gasteiger partial charge in [0, 0.05) is 16.2 Å². The number of amides is 1. The third-order valence-corrected chi connectivity index (χ3v) is 5.32. The van der Waals surface area contributed by atoms with Crippen LogP contribution in [0.2, 0.25) is 0 Å². The Morgan fingerprint density at radius 2 is 2.05 bits per heavy atom. The van der Waals surface area contributed by atoms with E-state index in [4.69, 9.17) is 0 Å². The quantitative estimate of drug-likeness (QED) is 0.686. The van der Waals surface area contributed by atoms with Crippen molar-refractivity contribution in [1.29, 1.82) is 0 Å². The van der Waals surface area contributed by atoms with Crippen molar-refractivity contribution in [3.8, 4) is 0 Å². The van der Waals surface area contributed by atoms with E-state index in [1.54, 1.807) is 6.07 Å². The monoisotopic (exact) mass is 373 g/mol. The van der Waals surface area contributed by atoms with E-state index in [-0.39, 0.29) is 11.7 Å². The maximum atomic E-state index is 13.1. The van der Waals surface area contributed by atoms with Gasteiger partial charge in [-0.3, -0.25) is 4.79 Å². The lowest BCUT2D eigenvalue weighted by atomic mass is 9.85. The molecule has 4 heteroatoms. The zero-order chi connectivity index (χ0) is 13.4. The number of likely N-dealkylation sites (tertiary alicyclic amines) is 1. The Morgan fingerprint density at radius 3 is 2.84 bits per heavy atom. The number of hydrogen-bond donors (Lipinski definition) is 0. The van der Waals surface area contributed by atoms with Crippen LogP contribution in [0.4, 0.5) is 4.39 Å². The number of carbonyl (C=O) groups is 1. The van der Waals surface area contributed by atoms with E-state index in [2.05, 4.69) is 0 Å². The summed E-state index contributed by atoms with van der Waals surface area (Å²) in [5.41, 5.74) is 0.647. The molecule has 0 unspecified atom stereocenters. The Bertz CT molecular complexity index is 505. The van der Waals surface area contributed by atoms with E-state index in [1.165, 1.54) is 31.4 Å². The standard InChI is InChI=1S/C15H17FINO/c16-11-5-6-12(13(17)9-11)15(19)18-8-7-10-3-1-2-4-14(10)18/h5-6,9-10,14H,1-4,7-8H2/t10-,14+/m1/s1. The predicted molar refractivity (Wildman–Crippen MR) is 80.5 cm³/mol. The highest BCUT2D eigenvalue weighted by atomic mass is 127. The fraction of sp³-hybridized carbons (Fsp3) is 0.533. The smallest absolute Gasteiger partial charge is 0.255 e. The molecule has 2 aliphatic rings. The lowest BCUT2D eigenvalue weighted by Gasteiger charge is -2.31. The fourth-order valence-electron chi connectivity index (χ4n) is 3.48. The van der Waals surface area contributed by atoms with Crippen LogP contribution in [0.1, 0.15) is 42.5 Å². The summed E-state index contributed by atoms with van der Waals surface area (Å²) in [6, 6.07) is 4.85. The molecule has 1 saturated carbocycles. The molecule has 0 spiro atoms. The molecule has 0 radical (unpaired) electrons. The first-order chi connectivity index (χ1) is 9.16. The van der Waals surface area contributed by atoms with Crippen LogP contribution in [0.3, 0.4) is 0 Å². The Morgan fingerprint density at radius 1 is 1.26 bits per heavy atom. The fourth-order valence-corrected chi connectivity index (χ4v) is 4.18. The minimum atomic E-state index is -0.280. The largest absolute Gasteiger partial charge is 0.335 e. The number of rotatable bonds is 1. The molecule has 1 saturated heterocycles. The molecule has 1 aromatic carbocycles. The summed E-state index contributed by atoms with van der Waals surface area (Å²) in [4.78, 5) is 14.7. The molecule has 1 amide bonds. The second-order valence-corrected chi connectivity index (χ2v) is 6.69. The normalized spacial score (nSPS) is 26.3. The van der Waals surface area contributed by atoms with Crippen LogP contribution >= 0.6 is 22.6 Å². The maximum Gasteiger partial charge on any atom is 0.255 e. The van der Waals surface area contributed by atoms with Gasteiger partial charge >= 0.3 is 0 Å². The predicted octanol–water partition coefficient (Wildman–Crippen LogP) is 3.84. The van der Waals surface area contributed by atoms with E-state index < -0.39 is 0 Å². The highest BCUT2D eigenvalue weighted by Gasteiger charge is 2.38.